The van der Waals surface area contributed by atoms with Crippen LogP contribution in [0.3, 0.4) is 0 Å². The summed E-state index contributed by atoms with van der Waals surface area (Å²) in [6.45, 7) is 4.03. The van der Waals surface area contributed by atoms with Crippen LogP contribution in [0.1, 0.15) is 28.9 Å². The van der Waals surface area contributed by atoms with Crippen molar-refractivity contribution in [3.05, 3.63) is 46.4 Å². The van der Waals surface area contributed by atoms with E-state index in [2.05, 4.69) is 30.2 Å². The minimum atomic E-state index is -0.323. The van der Waals surface area contributed by atoms with Crippen molar-refractivity contribution in [2.24, 2.45) is 13.0 Å². The molecule has 0 saturated carbocycles. The van der Waals surface area contributed by atoms with E-state index in [9.17, 15) is 9.59 Å². The van der Waals surface area contributed by atoms with E-state index in [1.54, 1.807) is 17.1 Å². The molecule has 28 heavy (non-hydrogen) atoms. The molecule has 3 aromatic rings. The van der Waals surface area contributed by atoms with Gasteiger partial charge in [0.05, 0.1) is 6.33 Å². The number of fused-ring (bicyclic) bond motifs is 1. The fraction of sp³-hybridized carbons (Fsp3) is 0.421. The number of pyridine rings is 1. The van der Waals surface area contributed by atoms with Gasteiger partial charge in [-0.25, -0.2) is 15.0 Å². The topological polar surface area (TPSA) is 109 Å². The number of rotatable bonds is 4. The number of nitrogens with one attached hydrogen (secondary N) is 2. The van der Waals surface area contributed by atoms with E-state index in [1.807, 2.05) is 14.0 Å². The highest BCUT2D eigenvalue weighted by Gasteiger charge is 2.24. The molecule has 1 fully saturated rings. The van der Waals surface area contributed by atoms with Crippen LogP contribution in [-0.4, -0.2) is 50.0 Å². The summed E-state index contributed by atoms with van der Waals surface area (Å²) in [4.78, 5) is 42.7. The summed E-state index contributed by atoms with van der Waals surface area (Å²) < 4.78 is 1.78. The number of carbonyl (C=O) groups is 1. The Morgan fingerprint density at radius 2 is 2.21 bits per heavy atom. The van der Waals surface area contributed by atoms with Crippen LogP contribution in [0.5, 0.6) is 0 Å². The molecule has 0 radical (unpaired) electrons. The minimum absolute atomic E-state index is 0.177. The van der Waals surface area contributed by atoms with E-state index in [0.717, 1.165) is 43.0 Å². The maximum Gasteiger partial charge on any atom is 0.256 e. The van der Waals surface area contributed by atoms with E-state index in [-0.39, 0.29) is 22.8 Å². The molecule has 4 heterocycles. The summed E-state index contributed by atoms with van der Waals surface area (Å²) in [6, 6.07) is 1.49. The van der Waals surface area contributed by atoms with Gasteiger partial charge in [-0.3, -0.25) is 9.59 Å². The molecule has 1 saturated heterocycles. The van der Waals surface area contributed by atoms with E-state index in [1.165, 1.54) is 12.4 Å². The molecule has 1 aliphatic heterocycles. The standard InChI is InChI=1S/C19H23N7O2/c1-12-6-15(27)14(9-25(12)2)19(28)20-7-13-4-3-5-26(8-13)18-16-17(22-10-21-16)23-11-24-18/h6,9-11,13H,3-5,7-8H2,1-2H3,(H,20,28)(H,21,22,23,24). The minimum Gasteiger partial charge on any atom is -0.354 e. The maximum absolute atomic E-state index is 12.5. The van der Waals surface area contributed by atoms with Gasteiger partial charge in [-0.15, -0.1) is 0 Å². The number of piperidine rings is 1. The SMILES string of the molecule is Cc1cc(=O)c(C(=O)NCC2CCCN(c3ncnc4nc[nH]c34)C2)cn1C. The Morgan fingerprint density at radius 3 is 3.07 bits per heavy atom. The van der Waals surface area contributed by atoms with E-state index in [0.29, 0.717) is 12.2 Å². The van der Waals surface area contributed by atoms with Crippen molar-refractivity contribution in [1.82, 2.24) is 29.8 Å². The lowest BCUT2D eigenvalue weighted by molar-refractivity contribution is 0.0944. The molecule has 1 unspecified atom stereocenters. The molecule has 1 aliphatic rings. The van der Waals surface area contributed by atoms with Gasteiger partial charge in [0.1, 0.15) is 17.4 Å². The summed E-state index contributed by atoms with van der Waals surface area (Å²) in [6.07, 6.45) is 6.76. The highest BCUT2D eigenvalue weighted by atomic mass is 16.2. The molecule has 9 nitrogen and oxygen atoms in total. The molecule has 3 aromatic heterocycles. The molecule has 0 aliphatic carbocycles. The van der Waals surface area contributed by atoms with E-state index < -0.39 is 0 Å². The highest BCUT2D eigenvalue weighted by Crippen LogP contribution is 2.25. The first kappa shape index (κ1) is 18.1. The number of aromatic amines is 1. The summed E-state index contributed by atoms with van der Waals surface area (Å²) in [7, 11) is 1.82. The smallest absolute Gasteiger partial charge is 0.256 e. The molecule has 0 spiro atoms. The van der Waals surface area contributed by atoms with Gasteiger partial charge < -0.3 is 19.8 Å². The Kier molecular flexibility index (Phi) is 4.81. The first-order valence-corrected chi connectivity index (χ1v) is 9.37. The van der Waals surface area contributed by atoms with Gasteiger partial charge in [-0.05, 0) is 25.7 Å². The van der Waals surface area contributed by atoms with Crippen LogP contribution in [-0.2, 0) is 7.05 Å². The summed E-state index contributed by atoms with van der Waals surface area (Å²) >= 11 is 0. The Labute approximate surface area is 161 Å². The van der Waals surface area contributed by atoms with Crippen molar-refractivity contribution >= 4 is 22.9 Å². The van der Waals surface area contributed by atoms with Crippen LogP contribution in [0.4, 0.5) is 5.82 Å². The fourth-order valence-electron chi connectivity index (χ4n) is 3.65. The predicted octanol–water partition coefficient (Wildman–Crippen LogP) is 1.01. The maximum atomic E-state index is 12.5. The first-order chi connectivity index (χ1) is 13.5. The predicted molar refractivity (Wildman–Crippen MR) is 105 cm³/mol. The zero-order valence-corrected chi connectivity index (χ0v) is 16.0. The van der Waals surface area contributed by atoms with Crippen LogP contribution >= 0.6 is 0 Å². The van der Waals surface area contributed by atoms with Gasteiger partial charge in [0.2, 0.25) is 0 Å². The second-order valence-electron chi connectivity index (χ2n) is 7.27. The first-order valence-electron chi connectivity index (χ1n) is 9.37. The van der Waals surface area contributed by atoms with Crippen LogP contribution in [0.25, 0.3) is 11.2 Å². The second kappa shape index (κ2) is 7.41. The van der Waals surface area contributed by atoms with Crippen molar-refractivity contribution in [2.45, 2.75) is 19.8 Å². The monoisotopic (exact) mass is 381 g/mol. The molecule has 9 heteroatoms. The lowest BCUT2D eigenvalue weighted by Crippen LogP contribution is -2.42. The number of anilines is 1. The number of carbonyl (C=O) groups excluding carboxylic acids is 1. The largest absolute Gasteiger partial charge is 0.354 e. The van der Waals surface area contributed by atoms with Crippen molar-refractivity contribution in [3.63, 3.8) is 0 Å². The molecule has 1 amide bonds. The van der Waals surface area contributed by atoms with Crippen LogP contribution < -0.4 is 15.6 Å². The average molecular weight is 381 g/mol. The molecule has 4 rings (SSSR count). The summed E-state index contributed by atoms with van der Waals surface area (Å²) in [5, 5.41) is 2.93. The lowest BCUT2D eigenvalue weighted by Gasteiger charge is -2.33. The van der Waals surface area contributed by atoms with Gasteiger partial charge in [-0.1, -0.05) is 0 Å². The zero-order valence-electron chi connectivity index (χ0n) is 16.0. The van der Waals surface area contributed by atoms with Crippen molar-refractivity contribution in [2.75, 3.05) is 24.5 Å². The molecular weight excluding hydrogens is 358 g/mol. The number of hydrogen-bond acceptors (Lipinski definition) is 6. The Balaban J connectivity index is 1.43. The van der Waals surface area contributed by atoms with Crippen molar-refractivity contribution < 1.29 is 4.79 Å². The molecule has 0 aromatic carbocycles. The number of hydrogen-bond donors (Lipinski definition) is 2. The van der Waals surface area contributed by atoms with E-state index in [4.69, 9.17) is 0 Å². The summed E-state index contributed by atoms with van der Waals surface area (Å²) in [5.74, 6) is 0.793. The number of amides is 1. The second-order valence-corrected chi connectivity index (χ2v) is 7.27. The number of aromatic nitrogens is 5. The Bertz CT molecular complexity index is 1070. The number of H-pyrrole nitrogens is 1. The number of imidazole rings is 1. The molecule has 0 bridgehead atoms. The fourth-order valence-corrected chi connectivity index (χ4v) is 3.65. The average Bonchev–Trinajstić information content (AvgIpc) is 3.18. The molecule has 1 atom stereocenters. The third kappa shape index (κ3) is 3.47. The highest BCUT2D eigenvalue weighted by molar-refractivity contribution is 5.93. The van der Waals surface area contributed by atoms with Gasteiger partial charge in [0.25, 0.3) is 5.91 Å². The van der Waals surface area contributed by atoms with Crippen LogP contribution in [0.15, 0.2) is 29.7 Å². The number of nitrogens with zero attached hydrogens (tertiary/aromatic N) is 5. The van der Waals surface area contributed by atoms with E-state index >= 15 is 0 Å². The van der Waals surface area contributed by atoms with Gasteiger partial charge in [0.15, 0.2) is 16.9 Å². The summed E-state index contributed by atoms with van der Waals surface area (Å²) in [5.41, 5.74) is 2.22. The van der Waals surface area contributed by atoms with Gasteiger partial charge in [-0.2, -0.15) is 0 Å². The van der Waals surface area contributed by atoms with Gasteiger partial charge in [0, 0.05) is 44.6 Å². The normalized spacial score (nSPS) is 17.1. The van der Waals surface area contributed by atoms with Crippen molar-refractivity contribution in [1.29, 1.82) is 0 Å². The third-order valence-electron chi connectivity index (χ3n) is 5.30. The van der Waals surface area contributed by atoms with Crippen LogP contribution in [0, 0.1) is 12.8 Å². The molecule has 2 N–H and O–H groups in total. The molecule has 146 valence electrons. The Morgan fingerprint density at radius 1 is 1.36 bits per heavy atom. The van der Waals surface area contributed by atoms with Crippen molar-refractivity contribution in [3.8, 4) is 0 Å². The quantitative estimate of drug-likeness (QED) is 0.698. The van der Waals surface area contributed by atoms with Crippen LogP contribution in [0.2, 0.25) is 0 Å². The lowest BCUT2D eigenvalue weighted by atomic mass is 9.98. The third-order valence-corrected chi connectivity index (χ3v) is 5.30. The Hall–Kier alpha value is -3.23. The molecular formula is C19H23N7O2. The number of aryl methyl sites for hydroxylation is 2. The zero-order chi connectivity index (χ0) is 19.7. The van der Waals surface area contributed by atoms with Gasteiger partial charge >= 0.3 is 0 Å².